The lowest BCUT2D eigenvalue weighted by Gasteiger charge is -2.20. The number of benzene rings is 3. The molecular formula is C27H22O13. The van der Waals surface area contributed by atoms with Crippen molar-refractivity contribution in [3.05, 3.63) is 70.4 Å². The van der Waals surface area contributed by atoms with Crippen LogP contribution < -0.4 is 10.2 Å². The van der Waals surface area contributed by atoms with Gasteiger partial charge in [-0.1, -0.05) is 0 Å². The number of phenols is 5. The van der Waals surface area contributed by atoms with E-state index in [1.54, 1.807) is 0 Å². The van der Waals surface area contributed by atoms with Crippen LogP contribution in [0.2, 0.25) is 0 Å². The quantitative estimate of drug-likeness (QED) is 0.133. The van der Waals surface area contributed by atoms with Crippen LogP contribution in [0.15, 0.2) is 63.8 Å². The van der Waals surface area contributed by atoms with Crippen LogP contribution in [0.1, 0.15) is 10.4 Å². The highest BCUT2D eigenvalue weighted by molar-refractivity contribution is 5.90. The Labute approximate surface area is 223 Å². The summed E-state index contributed by atoms with van der Waals surface area (Å²) >= 11 is 0. The van der Waals surface area contributed by atoms with Gasteiger partial charge in [0.25, 0.3) is 0 Å². The molecule has 3 aromatic carbocycles. The second kappa shape index (κ2) is 10.3. The van der Waals surface area contributed by atoms with Gasteiger partial charge in [0.2, 0.25) is 17.5 Å². The van der Waals surface area contributed by atoms with Gasteiger partial charge in [-0.15, -0.1) is 0 Å². The Morgan fingerprint density at radius 3 is 2.27 bits per heavy atom. The first kappa shape index (κ1) is 26.6. The number of rotatable bonds is 6. The van der Waals surface area contributed by atoms with Crippen molar-refractivity contribution in [3.63, 3.8) is 0 Å². The van der Waals surface area contributed by atoms with Crippen molar-refractivity contribution in [2.45, 2.75) is 24.6 Å². The van der Waals surface area contributed by atoms with Gasteiger partial charge in [-0.3, -0.25) is 4.79 Å². The van der Waals surface area contributed by atoms with E-state index in [1.807, 2.05) is 0 Å². The normalized spacial score (nSPS) is 20.4. The van der Waals surface area contributed by atoms with Gasteiger partial charge in [0, 0.05) is 17.7 Å². The number of esters is 1. The van der Waals surface area contributed by atoms with Crippen LogP contribution in [0.5, 0.6) is 34.5 Å². The van der Waals surface area contributed by atoms with E-state index in [4.69, 9.17) is 18.6 Å². The van der Waals surface area contributed by atoms with Crippen LogP contribution in [-0.2, 0) is 9.47 Å². The minimum Gasteiger partial charge on any atom is -0.508 e. The lowest BCUT2D eigenvalue weighted by molar-refractivity contribution is -0.117. The standard InChI is InChI=1S/C27H22O13/c28-10-19-24(39-26(36)11-1-4-13(29)5-2-11)22(35)27(38-19)40-25-21(34)20-17(33)8-14(30)9-18(20)37-23(25)12-3-6-15(31)16(32)7-12/h1-9,19,22,24,27-33,35H,10H2/t19-,22-,24+,27?/m1/s1. The molecule has 1 aliphatic rings. The Balaban J connectivity index is 1.53. The van der Waals surface area contributed by atoms with Crippen molar-refractivity contribution in [1.29, 1.82) is 0 Å². The van der Waals surface area contributed by atoms with E-state index >= 15 is 0 Å². The lowest BCUT2D eigenvalue weighted by atomic mass is 10.1. The van der Waals surface area contributed by atoms with Gasteiger partial charge in [0.05, 0.1) is 12.2 Å². The van der Waals surface area contributed by atoms with Crippen molar-refractivity contribution in [3.8, 4) is 45.8 Å². The molecule has 208 valence electrons. The minimum atomic E-state index is -1.73. The summed E-state index contributed by atoms with van der Waals surface area (Å²) in [6.07, 6.45) is -6.16. The van der Waals surface area contributed by atoms with E-state index in [2.05, 4.69) is 0 Å². The Hall–Kier alpha value is -4.98. The van der Waals surface area contributed by atoms with Crippen molar-refractivity contribution >= 4 is 16.9 Å². The summed E-state index contributed by atoms with van der Waals surface area (Å²) in [5, 5.41) is 69.7. The molecule has 13 nitrogen and oxygen atoms in total. The van der Waals surface area contributed by atoms with E-state index in [9.17, 15) is 45.3 Å². The SMILES string of the molecule is O=C(O[C@H]1[C@@H](CO)OC(Oc2c(-c3ccc(O)c(O)c3)oc3cc(O)cc(O)c3c2=O)[C@@H]1O)c1ccc(O)cc1. The lowest BCUT2D eigenvalue weighted by Crippen LogP contribution is -2.40. The largest absolute Gasteiger partial charge is 0.508 e. The van der Waals surface area contributed by atoms with E-state index in [0.717, 1.165) is 24.3 Å². The maximum atomic E-state index is 13.5. The Kier molecular flexibility index (Phi) is 6.85. The number of aliphatic hydroxyl groups excluding tert-OH is 2. The van der Waals surface area contributed by atoms with E-state index in [-0.39, 0.29) is 33.6 Å². The van der Waals surface area contributed by atoms with Gasteiger partial charge in [-0.25, -0.2) is 4.79 Å². The fraction of sp³-hybridized carbons (Fsp3) is 0.185. The Bertz CT molecular complexity index is 1640. The second-order valence-corrected chi connectivity index (χ2v) is 8.88. The summed E-state index contributed by atoms with van der Waals surface area (Å²) in [5.41, 5.74) is -1.15. The third-order valence-electron chi connectivity index (χ3n) is 6.21. The summed E-state index contributed by atoms with van der Waals surface area (Å²) in [7, 11) is 0. The van der Waals surface area contributed by atoms with E-state index < -0.39 is 71.4 Å². The maximum Gasteiger partial charge on any atom is 0.338 e. The number of carbonyl (C=O) groups excluding carboxylic acids is 1. The monoisotopic (exact) mass is 554 g/mol. The molecule has 1 fully saturated rings. The molecule has 1 aromatic heterocycles. The molecule has 0 saturated carbocycles. The van der Waals surface area contributed by atoms with Crippen LogP contribution in [0.25, 0.3) is 22.3 Å². The molecule has 7 N–H and O–H groups in total. The molecule has 40 heavy (non-hydrogen) atoms. The minimum absolute atomic E-state index is 0.0219. The molecule has 1 aliphatic heterocycles. The van der Waals surface area contributed by atoms with Crippen LogP contribution in [-0.4, -0.2) is 72.9 Å². The molecule has 0 spiro atoms. The predicted molar refractivity (Wildman–Crippen MR) is 134 cm³/mol. The first-order valence-corrected chi connectivity index (χ1v) is 11.7. The topological polar surface area (TPSA) is 217 Å². The number of aliphatic hydroxyl groups is 2. The zero-order chi connectivity index (χ0) is 28.7. The molecular weight excluding hydrogens is 532 g/mol. The van der Waals surface area contributed by atoms with Gasteiger partial charge in [0.15, 0.2) is 29.5 Å². The third kappa shape index (κ3) is 4.80. The van der Waals surface area contributed by atoms with E-state index in [1.165, 1.54) is 30.3 Å². The van der Waals surface area contributed by atoms with Gasteiger partial charge in [0.1, 0.15) is 34.3 Å². The summed E-state index contributed by atoms with van der Waals surface area (Å²) in [5.74, 6) is -4.02. The number of hydrogen-bond donors (Lipinski definition) is 7. The summed E-state index contributed by atoms with van der Waals surface area (Å²) in [6, 6.07) is 10.5. The van der Waals surface area contributed by atoms with Crippen LogP contribution in [0.4, 0.5) is 0 Å². The smallest absolute Gasteiger partial charge is 0.338 e. The summed E-state index contributed by atoms with van der Waals surface area (Å²) < 4.78 is 22.3. The molecule has 5 rings (SSSR count). The van der Waals surface area contributed by atoms with Gasteiger partial charge < -0.3 is 54.4 Å². The van der Waals surface area contributed by atoms with Crippen molar-refractivity contribution in [1.82, 2.24) is 0 Å². The molecule has 0 amide bonds. The molecule has 13 heteroatoms. The highest BCUT2D eigenvalue weighted by atomic mass is 16.7. The van der Waals surface area contributed by atoms with Gasteiger partial charge in [-0.05, 0) is 42.5 Å². The first-order valence-electron chi connectivity index (χ1n) is 11.7. The highest BCUT2D eigenvalue weighted by Gasteiger charge is 2.48. The number of fused-ring (bicyclic) bond motifs is 1. The molecule has 2 heterocycles. The zero-order valence-electron chi connectivity index (χ0n) is 20.3. The van der Waals surface area contributed by atoms with Crippen molar-refractivity contribution < 1.29 is 59.2 Å². The molecule has 4 aromatic rings. The summed E-state index contributed by atoms with van der Waals surface area (Å²) in [4.78, 5) is 26.1. The van der Waals surface area contributed by atoms with Crippen molar-refractivity contribution in [2.24, 2.45) is 0 Å². The van der Waals surface area contributed by atoms with Gasteiger partial charge in [-0.2, -0.15) is 0 Å². The zero-order valence-corrected chi connectivity index (χ0v) is 20.3. The average molecular weight is 554 g/mol. The molecule has 0 bridgehead atoms. The van der Waals surface area contributed by atoms with E-state index in [0.29, 0.717) is 0 Å². The number of carbonyl (C=O) groups is 1. The average Bonchev–Trinajstić information content (AvgIpc) is 3.21. The number of phenolic OH excluding ortho intramolecular Hbond substituents is 5. The predicted octanol–water partition coefficient (Wildman–Crippen LogP) is 1.67. The maximum absolute atomic E-state index is 13.5. The third-order valence-corrected chi connectivity index (χ3v) is 6.21. The fourth-order valence-electron chi connectivity index (χ4n) is 4.23. The summed E-state index contributed by atoms with van der Waals surface area (Å²) in [6.45, 7) is -0.713. The Morgan fingerprint density at radius 1 is 0.875 bits per heavy atom. The second-order valence-electron chi connectivity index (χ2n) is 8.88. The number of aromatic hydroxyl groups is 5. The molecule has 4 atom stereocenters. The van der Waals surface area contributed by atoms with Crippen LogP contribution in [0, 0.1) is 0 Å². The van der Waals surface area contributed by atoms with Crippen molar-refractivity contribution in [2.75, 3.05) is 6.61 Å². The van der Waals surface area contributed by atoms with Gasteiger partial charge >= 0.3 is 5.97 Å². The molecule has 1 saturated heterocycles. The number of hydrogen-bond acceptors (Lipinski definition) is 13. The Morgan fingerprint density at radius 2 is 1.60 bits per heavy atom. The van der Waals surface area contributed by atoms with Crippen LogP contribution in [0.3, 0.4) is 0 Å². The molecule has 1 unspecified atom stereocenters. The van der Waals surface area contributed by atoms with Crippen LogP contribution >= 0.6 is 0 Å². The number of ether oxygens (including phenoxy) is 3. The fourth-order valence-corrected chi connectivity index (χ4v) is 4.23. The molecule has 0 aliphatic carbocycles. The molecule has 0 radical (unpaired) electrons. The first-order chi connectivity index (χ1) is 19.1. The highest BCUT2D eigenvalue weighted by Crippen LogP contribution is 2.39.